The standard InChI is InChI=1S/C30H32N2O8S/c1-18(30(35)36)10-22(33)28-14-19-11-25(24(38-3)15-27(19)41-28)39-8-5-9-40-26-13-21-17-32(29(34)6-4-7-31)16-20(21)12-23(26)37-2/h11-15,18H,4-6,8-10,16-17H2,1-3H3,(H,35,36)/t18-/m0/s1. The molecule has 0 bridgehead atoms. The van der Waals surface area contributed by atoms with E-state index in [1.165, 1.54) is 18.3 Å². The summed E-state index contributed by atoms with van der Waals surface area (Å²) in [4.78, 5) is 38.2. The number of ether oxygens (including phenoxy) is 4. The van der Waals surface area contributed by atoms with E-state index in [2.05, 4.69) is 0 Å². The SMILES string of the molecule is COc1cc2c(cc1OCCCOc1cc3cc(C(=O)C[C@H](C)C(=O)O)sc3cc1OC)CN(C(=O)CCC#N)C2. The number of carboxylic acids is 1. The Morgan fingerprint density at radius 2 is 1.59 bits per heavy atom. The summed E-state index contributed by atoms with van der Waals surface area (Å²) in [7, 11) is 3.12. The van der Waals surface area contributed by atoms with Crippen LogP contribution in [-0.4, -0.2) is 55.1 Å². The van der Waals surface area contributed by atoms with Gasteiger partial charge in [-0.05, 0) is 40.8 Å². The van der Waals surface area contributed by atoms with Crippen molar-refractivity contribution in [2.45, 2.75) is 45.7 Å². The van der Waals surface area contributed by atoms with Crippen molar-refractivity contribution >= 4 is 39.1 Å². The summed E-state index contributed by atoms with van der Waals surface area (Å²) in [6.45, 7) is 3.19. The molecule has 0 saturated carbocycles. The Morgan fingerprint density at radius 1 is 0.976 bits per heavy atom. The number of nitriles is 1. The van der Waals surface area contributed by atoms with Gasteiger partial charge in [-0.2, -0.15) is 5.26 Å². The molecule has 1 aromatic heterocycles. The van der Waals surface area contributed by atoms with Crippen molar-refractivity contribution in [3.63, 3.8) is 0 Å². The van der Waals surface area contributed by atoms with Crippen LogP contribution < -0.4 is 18.9 Å². The van der Waals surface area contributed by atoms with Crippen LogP contribution in [0.15, 0.2) is 30.3 Å². The van der Waals surface area contributed by atoms with Crippen LogP contribution in [0.5, 0.6) is 23.0 Å². The second-order valence-corrected chi connectivity index (χ2v) is 10.8. The molecule has 0 saturated heterocycles. The molecule has 0 radical (unpaired) electrons. The van der Waals surface area contributed by atoms with Gasteiger partial charge in [-0.25, -0.2) is 0 Å². The number of thiophene rings is 1. The van der Waals surface area contributed by atoms with Gasteiger partial charge in [0.15, 0.2) is 28.8 Å². The van der Waals surface area contributed by atoms with Gasteiger partial charge in [0, 0.05) is 49.5 Å². The minimum atomic E-state index is -0.998. The van der Waals surface area contributed by atoms with Gasteiger partial charge in [0.25, 0.3) is 0 Å². The van der Waals surface area contributed by atoms with Crippen molar-refractivity contribution < 1.29 is 38.4 Å². The Labute approximate surface area is 242 Å². The minimum Gasteiger partial charge on any atom is -0.493 e. The van der Waals surface area contributed by atoms with E-state index < -0.39 is 11.9 Å². The zero-order valence-electron chi connectivity index (χ0n) is 23.2. The third kappa shape index (κ3) is 7.08. The van der Waals surface area contributed by atoms with Crippen LogP contribution in [-0.2, 0) is 22.7 Å². The van der Waals surface area contributed by atoms with Gasteiger partial charge in [0.05, 0.1) is 44.3 Å². The molecule has 1 atom stereocenters. The molecule has 4 rings (SSSR count). The first-order chi connectivity index (χ1) is 19.7. The lowest BCUT2D eigenvalue weighted by Gasteiger charge is -2.14. The highest BCUT2D eigenvalue weighted by Gasteiger charge is 2.25. The smallest absolute Gasteiger partial charge is 0.306 e. The van der Waals surface area contributed by atoms with Crippen LogP contribution in [0.4, 0.5) is 0 Å². The van der Waals surface area contributed by atoms with Gasteiger partial charge in [0.1, 0.15) is 0 Å². The maximum atomic E-state index is 12.6. The Bertz CT molecular complexity index is 1490. The van der Waals surface area contributed by atoms with Gasteiger partial charge in [-0.15, -0.1) is 11.3 Å². The van der Waals surface area contributed by atoms with Crippen LogP contribution in [0.2, 0.25) is 0 Å². The number of fused-ring (bicyclic) bond motifs is 2. The van der Waals surface area contributed by atoms with E-state index in [0.29, 0.717) is 60.6 Å². The maximum absolute atomic E-state index is 12.6. The lowest BCUT2D eigenvalue weighted by molar-refractivity contribution is -0.141. The van der Waals surface area contributed by atoms with Crippen LogP contribution >= 0.6 is 11.3 Å². The number of methoxy groups -OCH3 is 2. The Kier molecular flexibility index (Phi) is 9.68. The largest absolute Gasteiger partial charge is 0.493 e. The molecular formula is C30H32N2O8S. The third-order valence-corrected chi connectivity index (χ3v) is 7.94. The van der Waals surface area contributed by atoms with E-state index in [0.717, 1.165) is 21.2 Å². The molecule has 3 aromatic rings. The fourth-order valence-electron chi connectivity index (χ4n) is 4.52. The van der Waals surface area contributed by atoms with E-state index >= 15 is 0 Å². The van der Waals surface area contributed by atoms with Gasteiger partial charge >= 0.3 is 5.97 Å². The molecule has 0 aliphatic carbocycles. The number of rotatable bonds is 14. The Balaban J connectivity index is 1.34. The number of carbonyl (C=O) groups is 3. The molecule has 11 heteroatoms. The topological polar surface area (TPSA) is 135 Å². The van der Waals surface area contributed by atoms with Gasteiger partial charge in [-0.3, -0.25) is 14.4 Å². The van der Waals surface area contributed by atoms with Crippen molar-refractivity contribution in [2.75, 3.05) is 27.4 Å². The van der Waals surface area contributed by atoms with Crippen molar-refractivity contribution in [1.29, 1.82) is 5.26 Å². The molecule has 1 aliphatic heterocycles. The highest BCUT2D eigenvalue weighted by Crippen LogP contribution is 2.38. The second-order valence-electron chi connectivity index (χ2n) is 9.75. The minimum absolute atomic E-state index is 0.0481. The predicted molar refractivity (Wildman–Crippen MR) is 152 cm³/mol. The van der Waals surface area contributed by atoms with Gasteiger partial charge in [-0.1, -0.05) is 6.92 Å². The summed E-state index contributed by atoms with van der Waals surface area (Å²) in [6, 6.07) is 11.2. The molecule has 2 aromatic carbocycles. The Morgan fingerprint density at radius 3 is 2.20 bits per heavy atom. The zero-order valence-corrected chi connectivity index (χ0v) is 24.0. The fraction of sp³-hybridized carbons (Fsp3) is 0.400. The number of amides is 1. The van der Waals surface area contributed by atoms with Crippen molar-refractivity contribution in [3.05, 3.63) is 46.3 Å². The van der Waals surface area contributed by atoms with Crippen molar-refractivity contribution in [3.8, 4) is 29.1 Å². The summed E-state index contributed by atoms with van der Waals surface area (Å²) in [5, 5.41) is 18.7. The first-order valence-electron chi connectivity index (χ1n) is 13.2. The predicted octanol–water partition coefficient (Wildman–Crippen LogP) is 5.21. The summed E-state index contributed by atoms with van der Waals surface area (Å²) in [5.74, 6) is 0.237. The van der Waals surface area contributed by atoms with Gasteiger partial charge < -0.3 is 29.0 Å². The number of aliphatic carboxylic acids is 1. The molecule has 0 fully saturated rings. The number of carbonyl (C=O) groups excluding carboxylic acids is 2. The molecule has 10 nitrogen and oxygen atoms in total. The summed E-state index contributed by atoms with van der Waals surface area (Å²) >= 11 is 1.30. The van der Waals surface area contributed by atoms with Crippen LogP contribution in [0.3, 0.4) is 0 Å². The molecular weight excluding hydrogens is 548 g/mol. The quantitative estimate of drug-likeness (QED) is 0.201. The number of Topliss-reactive ketones (excluding diaryl/α,β-unsaturated/α-hetero) is 1. The van der Waals surface area contributed by atoms with Crippen molar-refractivity contribution in [1.82, 2.24) is 4.90 Å². The number of benzene rings is 2. The highest BCUT2D eigenvalue weighted by molar-refractivity contribution is 7.20. The second kappa shape index (κ2) is 13.4. The maximum Gasteiger partial charge on any atom is 0.306 e. The number of hydrogen-bond acceptors (Lipinski definition) is 9. The van der Waals surface area contributed by atoms with E-state index in [-0.39, 0.29) is 31.0 Å². The summed E-state index contributed by atoms with van der Waals surface area (Å²) in [5.41, 5.74) is 1.99. The zero-order chi connectivity index (χ0) is 29.5. The molecule has 216 valence electrons. The summed E-state index contributed by atoms with van der Waals surface area (Å²) in [6.07, 6.45) is 0.921. The molecule has 41 heavy (non-hydrogen) atoms. The van der Waals surface area contributed by atoms with Crippen LogP contribution in [0, 0.1) is 17.2 Å². The Hall–Kier alpha value is -4.30. The molecule has 0 unspecified atom stereocenters. The molecule has 0 spiro atoms. The number of nitrogens with zero attached hydrogens (tertiary/aromatic N) is 2. The molecule has 1 aliphatic rings. The van der Waals surface area contributed by atoms with E-state index in [9.17, 15) is 14.4 Å². The normalized spacial score (nSPS) is 12.9. The number of carboxylic acid groups (broad SMARTS) is 1. The molecule has 2 heterocycles. The van der Waals surface area contributed by atoms with E-state index in [4.69, 9.17) is 29.3 Å². The fourth-order valence-corrected chi connectivity index (χ4v) is 5.54. The lowest BCUT2D eigenvalue weighted by Crippen LogP contribution is -2.24. The first-order valence-corrected chi connectivity index (χ1v) is 14.0. The van der Waals surface area contributed by atoms with Crippen LogP contribution in [0.25, 0.3) is 10.1 Å². The van der Waals surface area contributed by atoms with E-state index in [1.807, 2.05) is 30.3 Å². The molecule has 1 amide bonds. The first kappa shape index (κ1) is 29.7. The van der Waals surface area contributed by atoms with Gasteiger partial charge in [0.2, 0.25) is 5.91 Å². The average molecular weight is 581 g/mol. The average Bonchev–Trinajstić information content (AvgIpc) is 3.58. The lowest BCUT2D eigenvalue weighted by atomic mass is 10.0. The third-order valence-electron chi connectivity index (χ3n) is 6.81. The molecule has 1 N–H and O–H groups in total. The summed E-state index contributed by atoms with van der Waals surface area (Å²) < 4.78 is 23.8. The number of ketones is 1. The highest BCUT2D eigenvalue weighted by atomic mass is 32.1. The monoisotopic (exact) mass is 580 g/mol. The van der Waals surface area contributed by atoms with E-state index in [1.54, 1.807) is 25.2 Å². The number of hydrogen-bond donors (Lipinski definition) is 1. The van der Waals surface area contributed by atoms with Crippen molar-refractivity contribution in [2.24, 2.45) is 5.92 Å². The van der Waals surface area contributed by atoms with Crippen LogP contribution in [0.1, 0.15) is 53.4 Å².